The Morgan fingerprint density at radius 2 is 1.54 bits per heavy atom. The number of likely N-dealkylation sites (tertiary alicyclic amines) is 4. The summed E-state index contributed by atoms with van der Waals surface area (Å²) < 4.78 is 53.1. The van der Waals surface area contributed by atoms with Crippen LogP contribution in [0, 0.1) is 11.8 Å². The van der Waals surface area contributed by atoms with Gasteiger partial charge in [-0.1, -0.05) is 29.8 Å². The molecule has 14 nitrogen and oxygen atoms in total. The van der Waals surface area contributed by atoms with Crippen LogP contribution in [0.5, 0.6) is 0 Å². The Labute approximate surface area is 358 Å². The van der Waals surface area contributed by atoms with E-state index in [0.29, 0.717) is 83.1 Å². The molecule has 0 bridgehead atoms. The van der Waals surface area contributed by atoms with Crippen molar-refractivity contribution in [1.82, 2.24) is 24.5 Å². The first-order chi connectivity index (χ1) is 29.2. The number of halogens is 4. The second-order valence-corrected chi connectivity index (χ2v) is 17.3. The summed E-state index contributed by atoms with van der Waals surface area (Å²) >= 11 is 6.15. The molecule has 0 radical (unpaired) electrons. The molecule has 5 heterocycles. The average Bonchev–Trinajstić information content (AvgIpc) is 3.57. The normalized spacial score (nSPS) is 20.6. The number of hydrogen-bond donors (Lipinski definition) is 2. The van der Waals surface area contributed by atoms with Crippen LogP contribution in [0.2, 0.25) is 5.02 Å². The molecule has 1 atom stereocenters. The number of alkyl halides is 3. The highest BCUT2D eigenvalue weighted by atomic mass is 35.5. The number of ether oxygens (including phenoxy) is 2. The molecule has 0 spiro atoms. The van der Waals surface area contributed by atoms with Gasteiger partial charge in [0.2, 0.25) is 5.91 Å². The van der Waals surface area contributed by atoms with E-state index in [4.69, 9.17) is 26.8 Å². The van der Waals surface area contributed by atoms with Gasteiger partial charge >= 0.3 is 24.3 Å². The lowest BCUT2D eigenvalue weighted by atomic mass is 9.78. The molecule has 4 fully saturated rings. The molecule has 3 N–H and O–H groups in total. The number of piperidine rings is 3. The quantitative estimate of drug-likeness (QED) is 0.215. The van der Waals surface area contributed by atoms with Gasteiger partial charge in [-0.3, -0.25) is 19.3 Å². The van der Waals surface area contributed by atoms with Crippen molar-refractivity contribution in [2.75, 3.05) is 83.1 Å². The molecule has 61 heavy (non-hydrogen) atoms. The highest BCUT2D eigenvalue weighted by Gasteiger charge is 2.39. The Morgan fingerprint density at radius 3 is 2.21 bits per heavy atom. The number of fused-ring (bicyclic) bond motifs is 1. The predicted octanol–water partition coefficient (Wildman–Crippen LogP) is 5.66. The number of hydrogen-bond acceptors (Lipinski definition) is 9. The first-order valence-electron chi connectivity index (χ1n) is 21.4. The molecule has 4 saturated heterocycles. The number of benzene rings is 2. The topological polar surface area (TPSA) is 158 Å². The van der Waals surface area contributed by atoms with Crippen molar-refractivity contribution in [1.29, 1.82) is 0 Å². The lowest BCUT2D eigenvalue weighted by Crippen LogP contribution is -2.52. The fourth-order valence-electron chi connectivity index (χ4n) is 9.53. The van der Waals surface area contributed by atoms with E-state index in [1.807, 2.05) is 24.3 Å². The summed E-state index contributed by atoms with van der Waals surface area (Å²) in [5.74, 6) is 0.0341. The van der Waals surface area contributed by atoms with Crippen molar-refractivity contribution < 1.29 is 46.6 Å². The third kappa shape index (κ3) is 11.0. The van der Waals surface area contributed by atoms with E-state index < -0.39 is 35.5 Å². The number of anilines is 2. The largest absolute Gasteiger partial charge is 0.463 e. The fourth-order valence-corrected chi connectivity index (χ4v) is 9.77. The Hall–Kier alpha value is -4.77. The Balaban J connectivity index is 0.928. The van der Waals surface area contributed by atoms with Crippen LogP contribution in [-0.2, 0) is 42.9 Å². The first kappa shape index (κ1) is 44.3. The zero-order valence-electron chi connectivity index (χ0n) is 34.3. The summed E-state index contributed by atoms with van der Waals surface area (Å²) in [5.41, 5.74) is 5.82. The molecule has 2 aromatic carbocycles. The molecule has 0 aromatic heterocycles. The number of rotatable bonds is 11. The summed E-state index contributed by atoms with van der Waals surface area (Å²) in [6.45, 7) is 4.83. The minimum Gasteiger partial charge on any atom is -0.463 e. The number of amides is 5. The van der Waals surface area contributed by atoms with Gasteiger partial charge < -0.3 is 40.1 Å². The number of esters is 1. The monoisotopic (exact) mass is 873 g/mol. The second-order valence-electron chi connectivity index (χ2n) is 16.8. The summed E-state index contributed by atoms with van der Waals surface area (Å²) in [7, 11) is 0. The van der Waals surface area contributed by atoms with Crippen LogP contribution in [0.1, 0.15) is 68.1 Å². The number of nitrogens with two attached hydrogens (primary N) is 1. The standard InChI is InChI=1S/C43H55ClF3N7O7/c44-34-25-28(24-33(39(34)48)43(45,46)47)26-36(61-42(59)53-19-12-32(13-20-53)54-21-11-31-4-1-2-5-35(31)49-41(54)58)40(57)52-17-9-30(10-18-52)29-7-15-50(16-8-29)27-38(56)60-23-22-51-14-3-6-37(51)55/h1-2,4-5,24-25,29-30,32,36H,3,6-23,26-27,48H2,(H,49,58). The summed E-state index contributed by atoms with van der Waals surface area (Å²) in [4.78, 5) is 74.1. The highest BCUT2D eigenvalue weighted by Crippen LogP contribution is 2.39. The van der Waals surface area contributed by atoms with Gasteiger partial charge in [0.15, 0.2) is 6.10 Å². The van der Waals surface area contributed by atoms with Crippen LogP contribution >= 0.6 is 11.6 Å². The Bertz CT molecular complexity index is 1930. The minimum atomic E-state index is -4.80. The average molecular weight is 874 g/mol. The molecular formula is C43H55ClF3N7O7. The van der Waals surface area contributed by atoms with Crippen molar-refractivity contribution in [3.63, 3.8) is 0 Å². The molecule has 5 amide bonds. The molecule has 5 aliphatic rings. The number of nitrogens with one attached hydrogen (secondary N) is 1. The van der Waals surface area contributed by atoms with Crippen LogP contribution in [0.25, 0.3) is 0 Å². The predicted molar refractivity (Wildman–Crippen MR) is 221 cm³/mol. The molecule has 332 valence electrons. The zero-order valence-corrected chi connectivity index (χ0v) is 35.1. The Kier molecular flexibility index (Phi) is 14.2. The first-order valence-corrected chi connectivity index (χ1v) is 21.8. The number of nitrogens with zero attached hydrogens (tertiary/aromatic N) is 5. The van der Waals surface area contributed by atoms with E-state index in [1.54, 1.807) is 14.7 Å². The molecule has 18 heteroatoms. The molecule has 5 aliphatic heterocycles. The third-order valence-corrected chi connectivity index (χ3v) is 13.4. The fraction of sp³-hybridized carbons (Fsp3) is 0.605. The lowest BCUT2D eigenvalue weighted by Gasteiger charge is -2.41. The molecule has 7 rings (SSSR count). The number of carbonyl (C=O) groups excluding carboxylic acids is 5. The van der Waals surface area contributed by atoms with Gasteiger partial charge in [-0.15, -0.1) is 0 Å². The summed E-state index contributed by atoms with van der Waals surface area (Å²) in [5, 5.41) is 2.67. The maximum Gasteiger partial charge on any atom is 0.418 e. The minimum absolute atomic E-state index is 0.0526. The van der Waals surface area contributed by atoms with E-state index >= 15 is 0 Å². The third-order valence-electron chi connectivity index (χ3n) is 13.0. The van der Waals surface area contributed by atoms with Crippen molar-refractivity contribution >= 4 is 52.9 Å². The van der Waals surface area contributed by atoms with E-state index in [0.717, 1.165) is 49.7 Å². The molecular weight excluding hydrogens is 819 g/mol. The van der Waals surface area contributed by atoms with Crippen molar-refractivity contribution in [3.8, 4) is 0 Å². The molecule has 2 aromatic rings. The summed E-state index contributed by atoms with van der Waals surface area (Å²) in [6.07, 6.45) is -1.07. The van der Waals surface area contributed by atoms with Gasteiger partial charge in [0, 0.05) is 63.8 Å². The van der Waals surface area contributed by atoms with Gasteiger partial charge in [-0.25, -0.2) is 9.59 Å². The van der Waals surface area contributed by atoms with Crippen LogP contribution in [0.3, 0.4) is 0 Å². The van der Waals surface area contributed by atoms with Crippen LogP contribution in [0.15, 0.2) is 36.4 Å². The van der Waals surface area contributed by atoms with E-state index in [1.165, 1.54) is 11.0 Å². The lowest BCUT2D eigenvalue weighted by molar-refractivity contribution is -0.147. The maximum absolute atomic E-state index is 14.2. The van der Waals surface area contributed by atoms with Crippen LogP contribution in [0.4, 0.5) is 34.1 Å². The van der Waals surface area contributed by atoms with Gasteiger partial charge in [0.25, 0.3) is 5.91 Å². The van der Waals surface area contributed by atoms with Crippen LogP contribution < -0.4 is 11.1 Å². The SMILES string of the molecule is Nc1c(Cl)cc(CC(OC(=O)N2CCC(N3CCc4ccccc4NC3=O)CC2)C(=O)N2CCC(C3CCN(CC(=O)OCCN4CCCC4=O)CC3)CC2)cc1C(F)(F)F. The number of carbonyl (C=O) groups is 5. The Morgan fingerprint density at radius 1 is 0.869 bits per heavy atom. The van der Waals surface area contributed by atoms with Crippen molar-refractivity contribution in [2.45, 2.75) is 82.5 Å². The zero-order chi connectivity index (χ0) is 43.3. The second kappa shape index (κ2) is 19.5. The van der Waals surface area contributed by atoms with Crippen molar-refractivity contribution in [3.05, 3.63) is 58.1 Å². The molecule has 0 saturated carbocycles. The van der Waals surface area contributed by atoms with Gasteiger partial charge in [0.1, 0.15) is 6.61 Å². The van der Waals surface area contributed by atoms with E-state index in [-0.39, 0.29) is 67.2 Å². The molecule has 1 unspecified atom stereocenters. The van der Waals surface area contributed by atoms with Crippen LogP contribution in [-0.4, -0.2) is 139 Å². The smallest absolute Gasteiger partial charge is 0.418 e. The number of nitrogen functional groups attached to an aromatic ring is 1. The van der Waals surface area contributed by atoms with E-state index in [2.05, 4.69) is 10.2 Å². The van der Waals surface area contributed by atoms with Gasteiger partial charge in [-0.05, 0) is 106 Å². The molecule has 0 aliphatic carbocycles. The number of urea groups is 1. The maximum atomic E-state index is 14.2. The number of para-hydroxylation sites is 1. The van der Waals surface area contributed by atoms with Gasteiger partial charge in [-0.2, -0.15) is 13.2 Å². The van der Waals surface area contributed by atoms with E-state index in [9.17, 15) is 37.1 Å². The summed E-state index contributed by atoms with van der Waals surface area (Å²) in [6, 6.07) is 9.45. The highest BCUT2D eigenvalue weighted by molar-refractivity contribution is 6.33. The van der Waals surface area contributed by atoms with Gasteiger partial charge in [0.05, 0.1) is 29.4 Å². The van der Waals surface area contributed by atoms with Crippen molar-refractivity contribution in [2.24, 2.45) is 11.8 Å².